The lowest BCUT2D eigenvalue weighted by atomic mass is 9.80. The van der Waals surface area contributed by atoms with Gasteiger partial charge in [0.2, 0.25) is 0 Å². The normalized spacial score (nSPS) is 15.0. The fraction of sp³-hybridized carbons (Fsp3) is 0.385. The molecule has 0 saturated carbocycles. The summed E-state index contributed by atoms with van der Waals surface area (Å²) < 4.78 is 0. The van der Waals surface area contributed by atoms with Gasteiger partial charge in [-0.1, -0.05) is 30.3 Å². The van der Waals surface area contributed by atoms with Gasteiger partial charge in [0.25, 0.3) is 0 Å². The summed E-state index contributed by atoms with van der Waals surface area (Å²) in [5.41, 5.74) is 3.15. The van der Waals surface area contributed by atoms with Gasteiger partial charge in [0, 0.05) is 18.8 Å². The van der Waals surface area contributed by atoms with Crippen LogP contribution in [-0.2, 0) is 6.42 Å². The van der Waals surface area contributed by atoms with E-state index in [-0.39, 0.29) is 0 Å². The van der Waals surface area contributed by atoms with Gasteiger partial charge < -0.3 is 14.9 Å². The maximum atomic E-state index is 8.99. The summed E-state index contributed by atoms with van der Waals surface area (Å²) in [4.78, 5) is 2.38. The topological polar surface area (TPSA) is 43.7 Å². The second-order valence-corrected chi connectivity index (χ2v) is 4.49. The molecule has 17 heavy (non-hydrogen) atoms. The molecule has 2 rings (SSSR count). The van der Waals surface area contributed by atoms with Gasteiger partial charge in [-0.15, -0.1) is 0 Å². The molecule has 1 aliphatic rings. The maximum Gasteiger partial charge on any atom is 0.488 e. The van der Waals surface area contributed by atoms with Crippen LogP contribution >= 0.6 is 0 Å². The molecule has 0 spiro atoms. The van der Waals surface area contributed by atoms with Gasteiger partial charge in [0.1, 0.15) is 0 Å². The third kappa shape index (κ3) is 3.11. The first kappa shape index (κ1) is 12.2. The molecule has 0 bridgehead atoms. The molecule has 0 saturated heterocycles. The van der Waals surface area contributed by atoms with E-state index in [1.807, 2.05) is 12.1 Å². The molecule has 1 aromatic carbocycles. The molecular formula is C13H18BNO2. The van der Waals surface area contributed by atoms with Gasteiger partial charge in [0.05, 0.1) is 0 Å². The Labute approximate surface area is 103 Å². The molecule has 4 heteroatoms. The Bertz CT molecular complexity index is 400. The van der Waals surface area contributed by atoms with E-state index in [0.29, 0.717) is 5.46 Å². The highest BCUT2D eigenvalue weighted by molar-refractivity contribution is 6.58. The SMILES string of the molecule is CC1=CCCN1CCc1ccc(B(O)O)cc1. The largest absolute Gasteiger partial charge is 0.488 e. The van der Waals surface area contributed by atoms with Crippen molar-refractivity contribution in [3.63, 3.8) is 0 Å². The van der Waals surface area contributed by atoms with Gasteiger partial charge >= 0.3 is 7.12 Å². The van der Waals surface area contributed by atoms with Crippen LogP contribution in [-0.4, -0.2) is 35.2 Å². The number of rotatable bonds is 4. The van der Waals surface area contributed by atoms with Crippen molar-refractivity contribution < 1.29 is 10.0 Å². The quantitative estimate of drug-likeness (QED) is 0.742. The highest BCUT2D eigenvalue weighted by Gasteiger charge is 2.12. The molecule has 1 aliphatic heterocycles. The number of hydrogen-bond acceptors (Lipinski definition) is 3. The van der Waals surface area contributed by atoms with Gasteiger partial charge in [-0.25, -0.2) is 0 Å². The van der Waals surface area contributed by atoms with Crippen molar-refractivity contribution in [3.8, 4) is 0 Å². The third-order valence-electron chi connectivity index (χ3n) is 3.29. The maximum absolute atomic E-state index is 8.99. The monoisotopic (exact) mass is 231 g/mol. The van der Waals surface area contributed by atoms with Crippen LogP contribution < -0.4 is 5.46 Å². The Morgan fingerprint density at radius 1 is 1.24 bits per heavy atom. The summed E-state index contributed by atoms with van der Waals surface area (Å²) in [6.45, 7) is 4.31. The van der Waals surface area contributed by atoms with Crippen molar-refractivity contribution in [2.75, 3.05) is 13.1 Å². The van der Waals surface area contributed by atoms with E-state index in [1.165, 1.54) is 11.3 Å². The second-order valence-electron chi connectivity index (χ2n) is 4.49. The number of hydrogen-bond donors (Lipinski definition) is 2. The Morgan fingerprint density at radius 2 is 1.94 bits per heavy atom. The van der Waals surface area contributed by atoms with Crippen LogP contribution in [0.4, 0.5) is 0 Å². The smallest absolute Gasteiger partial charge is 0.423 e. The first-order chi connectivity index (χ1) is 8.16. The molecule has 0 aromatic heterocycles. The van der Waals surface area contributed by atoms with E-state index >= 15 is 0 Å². The molecular weight excluding hydrogens is 213 g/mol. The molecule has 1 heterocycles. The predicted octanol–water partition coefficient (Wildman–Crippen LogP) is 0.518. The second kappa shape index (κ2) is 5.38. The van der Waals surface area contributed by atoms with E-state index in [4.69, 9.17) is 10.0 Å². The van der Waals surface area contributed by atoms with Crippen LogP contribution in [0.5, 0.6) is 0 Å². The summed E-state index contributed by atoms with van der Waals surface area (Å²) in [6, 6.07) is 7.47. The summed E-state index contributed by atoms with van der Waals surface area (Å²) in [5, 5.41) is 18.0. The zero-order valence-electron chi connectivity index (χ0n) is 10.1. The van der Waals surface area contributed by atoms with Crippen molar-refractivity contribution in [3.05, 3.63) is 41.6 Å². The Kier molecular flexibility index (Phi) is 3.87. The van der Waals surface area contributed by atoms with E-state index < -0.39 is 7.12 Å². The van der Waals surface area contributed by atoms with Crippen LogP contribution in [0.25, 0.3) is 0 Å². The van der Waals surface area contributed by atoms with E-state index in [2.05, 4.69) is 17.9 Å². The van der Waals surface area contributed by atoms with Crippen LogP contribution in [0.1, 0.15) is 18.9 Å². The number of benzene rings is 1. The molecule has 3 nitrogen and oxygen atoms in total. The predicted molar refractivity (Wildman–Crippen MR) is 69.9 cm³/mol. The molecule has 2 N–H and O–H groups in total. The van der Waals surface area contributed by atoms with Crippen LogP contribution in [0.2, 0.25) is 0 Å². The third-order valence-corrected chi connectivity index (χ3v) is 3.29. The lowest BCUT2D eigenvalue weighted by Gasteiger charge is -2.19. The summed E-state index contributed by atoms with van der Waals surface area (Å²) >= 11 is 0. The van der Waals surface area contributed by atoms with Crippen molar-refractivity contribution in [1.82, 2.24) is 4.90 Å². The van der Waals surface area contributed by atoms with Crippen LogP contribution in [0.3, 0.4) is 0 Å². The summed E-state index contributed by atoms with van der Waals surface area (Å²) in [5.74, 6) is 0. The molecule has 0 fully saturated rings. The lowest BCUT2D eigenvalue weighted by Crippen LogP contribution is -2.29. The van der Waals surface area contributed by atoms with Gasteiger partial charge in [-0.3, -0.25) is 0 Å². The average Bonchev–Trinajstić information content (AvgIpc) is 2.73. The van der Waals surface area contributed by atoms with Crippen molar-refractivity contribution in [2.45, 2.75) is 19.8 Å². The molecule has 0 aliphatic carbocycles. The molecule has 0 amide bonds. The van der Waals surface area contributed by atoms with Crippen molar-refractivity contribution >= 4 is 12.6 Å². The Balaban J connectivity index is 1.89. The minimum Gasteiger partial charge on any atom is -0.423 e. The first-order valence-electron chi connectivity index (χ1n) is 6.03. The molecule has 0 radical (unpaired) electrons. The molecule has 0 unspecified atom stereocenters. The molecule has 0 atom stereocenters. The van der Waals surface area contributed by atoms with Gasteiger partial charge in [-0.2, -0.15) is 0 Å². The van der Waals surface area contributed by atoms with Crippen molar-refractivity contribution in [2.24, 2.45) is 0 Å². The minimum absolute atomic E-state index is 0.547. The zero-order valence-corrected chi connectivity index (χ0v) is 10.1. The van der Waals surface area contributed by atoms with Gasteiger partial charge in [0.15, 0.2) is 0 Å². The Hall–Kier alpha value is -1.26. The fourth-order valence-electron chi connectivity index (χ4n) is 2.14. The van der Waals surface area contributed by atoms with Crippen molar-refractivity contribution in [1.29, 1.82) is 0 Å². The minimum atomic E-state index is -1.37. The Morgan fingerprint density at radius 3 is 2.47 bits per heavy atom. The van der Waals surface area contributed by atoms with Crippen LogP contribution in [0, 0.1) is 0 Å². The summed E-state index contributed by atoms with van der Waals surface area (Å²) in [7, 11) is -1.37. The highest BCUT2D eigenvalue weighted by atomic mass is 16.4. The molecule has 90 valence electrons. The summed E-state index contributed by atoms with van der Waals surface area (Å²) in [6.07, 6.45) is 4.42. The highest BCUT2D eigenvalue weighted by Crippen LogP contribution is 2.14. The molecule has 1 aromatic rings. The fourth-order valence-corrected chi connectivity index (χ4v) is 2.14. The standard InChI is InChI=1S/C13H18BNO2/c1-11-3-2-9-15(11)10-8-12-4-6-13(7-5-12)14(16)17/h3-7,16-17H,2,8-10H2,1H3. The van der Waals surface area contributed by atoms with Crippen LogP contribution in [0.15, 0.2) is 36.0 Å². The van der Waals surface area contributed by atoms with E-state index in [1.54, 1.807) is 12.1 Å². The van der Waals surface area contributed by atoms with Gasteiger partial charge in [-0.05, 0) is 30.8 Å². The lowest BCUT2D eigenvalue weighted by molar-refractivity contribution is 0.381. The zero-order chi connectivity index (χ0) is 12.3. The van der Waals surface area contributed by atoms with E-state index in [0.717, 1.165) is 25.9 Å². The average molecular weight is 231 g/mol. The number of allylic oxidation sites excluding steroid dienone is 1. The number of nitrogens with zero attached hydrogens (tertiary/aromatic N) is 1. The van der Waals surface area contributed by atoms with E-state index in [9.17, 15) is 0 Å². The first-order valence-corrected chi connectivity index (χ1v) is 6.03.